The lowest BCUT2D eigenvalue weighted by Gasteiger charge is -2.29. The number of rotatable bonds is 4. The van der Waals surface area contributed by atoms with Crippen LogP contribution in [-0.2, 0) is 17.8 Å². The summed E-state index contributed by atoms with van der Waals surface area (Å²) >= 11 is 4.98. The molecule has 0 fully saturated rings. The maximum atomic E-state index is 13.8. The molecule has 8 heteroatoms. The van der Waals surface area contributed by atoms with E-state index < -0.39 is 0 Å². The Labute approximate surface area is 204 Å². The van der Waals surface area contributed by atoms with Crippen LogP contribution in [0.4, 0.5) is 5.95 Å². The minimum Gasteiger partial charge on any atom is -0.370 e. The molecular weight excluding hydrogens is 500 g/mol. The number of anilines is 1. The van der Waals surface area contributed by atoms with E-state index in [4.69, 9.17) is 9.72 Å². The minimum atomic E-state index is -0.311. The third kappa shape index (κ3) is 4.26. The molecule has 1 N–H and O–H groups in total. The molecule has 168 valence electrons. The number of nitrogens with one attached hydrogen (secondary N) is 1. The predicted octanol–water partition coefficient (Wildman–Crippen LogP) is 5.90. The van der Waals surface area contributed by atoms with Gasteiger partial charge in [0.05, 0.1) is 29.0 Å². The molecule has 33 heavy (non-hydrogen) atoms. The maximum Gasteiger partial charge on any atom is 0.268 e. The molecule has 0 spiro atoms. The van der Waals surface area contributed by atoms with Crippen molar-refractivity contribution in [2.75, 3.05) is 5.43 Å². The van der Waals surface area contributed by atoms with E-state index in [1.807, 2.05) is 61.5 Å². The fraction of sp³-hybridized carbons (Fsp3) is 0.240. The van der Waals surface area contributed by atoms with E-state index in [0.717, 1.165) is 31.9 Å². The summed E-state index contributed by atoms with van der Waals surface area (Å²) in [4.78, 5) is 20.5. The molecule has 5 rings (SSSR count). The molecule has 1 aliphatic rings. The number of hydrogen-bond donors (Lipinski definition) is 1. The molecule has 0 saturated carbocycles. The van der Waals surface area contributed by atoms with E-state index in [9.17, 15) is 4.79 Å². The average Bonchev–Trinajstić information content (AvgIpc) is 3.15. The molecule has 2 aromatic heterocycles. The minimum absolute atomic E-state index is 0.0969. The normalized spacial score (nSPS) is 15.5. The second-order valence-electron chi connectivity index (χ2n) is 8.64. The van der Waals surface area contributed by atoms with Crippen LogP contribution in [0.15, 0.2) is 69.0 Å². The van der Waals surface area contributed by atoms with Crippen molar-refractivity contribution < 1.29 is 4.74 Å². The van der Waals surface area contributed by atoms with Crippen LogP contribution in [0.3, 0.4) is 0 Å². The first-order valence-electron chi connectivity index (χ1n) is 10.7. The standard InChI is InChI=1S/C25H23BrN4O2S/c1-15(16-9-11-17(26)12-10-16)28-29-24-27-22-21(19-13-25(2,3)32-14-20(19)33-22)23(31)30(24)18-7-5-4-6-8-18/h4-12H,13-14H2,1-3H3,(H,27,29)/b28-15+. The first-order valence-corrected chi connectivity index (χ1v) is 12.3. The highest BCUT2D eigenvalue weighted by molar-refractivity contribution is 9.10. The van der Waals surface area contributed by atoms with Crippen LogP contribution in [0, 0.1) is 0 Å². The summed E-state index contributed by atoms with van der Waals surface area (Å²) in [6.45, 7) is 6.52. The molecule has 2 aromatic carbocycles. The Morgan fingerprint density at radius 1 is 1.18 bits per heavy atom. The molecule has 0 bridgehead atoms. The van der Waals surface area contributed by atoms with Gasteiger partial charge in [-0.1, -0.05) is 46.3 Å². The van der Waals surface area contributed by atoms with E-state index in [-0.39, 0.29) is 11.2 Å². The van der Waals surface area contributed by atoms with Crippen molar-refractivity contribution in [1.82, 2.24) is 9.55 Å². The van der Waals surface area contributed by atoms with E-state index in [0.29, 0.717) is 29.2 Å². The Hall–Kier alpha value is -2.81. The second kappa shape index (κ2) is 8.52. The molecule has 1 aliphatic heterocycles. The third-order valence-electron chi connectivity index (χ3n) is 5.70. The molecule has 4 aromatic rings. The largest absolute Gasteiger partial charge is 0.370 e. The van der Waals surface area contributed by atoms with Gasteiger partial charge in [-0.25, -0.2) is 15.0 Å². The van der Waals surface area contributed by atoms with Crippen LogP contribution < -0.4 is 11.0 Å². The lowest BCUT2D eigenvalue weighted by molar-refractivity contribution is -0.0379. The Morgan fingerprint density at radius 3 is 2.64 bits per heavy atom. The summed E-state index contributed by atoms with van der Waals surface area (Å²) in [5.74, 6) is 0.383. The Kier molecular flexibility index (Phi) is 5.68. The number of ether oxygens (including phenoxy) is 1. The highest BCUT2D eigenvalue weighted by Gasteiger charge is 2.31. The summed E-state index contributed by atoms with van der Waals surface area (Å²) in [6.07, 6.45) is 0.682. The summed E-state index contributed by atoms with van der Waals surface area (Å²) in [5, 5.41) is 5.22. The highest BCUT2D eigenvalue weighted by Crippen LogP contribution is 2.37. The van der Waals surface area contributed by atoms with Gasteiger partial charge in [0.2, 0.25) is 5.95 Å². The quantitative estimate of drug-likeness (QED) is 0.267. The van der Waals surface area contributed by atoms with Crippen LogP contribution in [0.25, 0.3) is 15.9 Å². The number of halogens is 1. The zero-order valence-corrected chi connectivity index (χ0v) is 21.0. The number of nitrogens with zero attached hydrogens (tertiary/aromatic N) is 3. The molecule has 0 unspecified atom stereocenters. The van der Waals surface area contributed by atoms with Crippen molar-refractivity contribution in [3.63, 3.8) is 0 Å². The van der Waals surface area contributed by atoms with Crippen molar-refractivity contribution in [2.45, 2.75) is 39.4 Å². The number of thiophene rings is 1. The van der Waals surface area contributed by atoms with Crippen LogP contribution in [0.1, 0.15) is 36.8 Å². The van der Waals surface area contributed by atoms with E-state index in [2.05, 4.69) is 40.3 Å². The van der Waals surface area contributed by atoms with Crippen LogP contribution >= 0.6 is 27.3 Å². The number of hydrogen-bond acceptors (Lipinski definition) is 6. The number of hydrazone groups is 1. The Balaban J connectivity index is 1.66. The summed E-state index contributed by atoms with van der Waals surface area (Å²) in [7, 11) is 0. The Bertz CT molecular complexity index is 1420. The van der Waals surface area contributed by atoms with Gasteiger partial charge in [0.25, 0.3) is 5.56 Å². The van der Waals surface area contributed by atoms with E-state index in [1.54, 1.807) is 4.57 Å². The first kappa shape index (κ1) is 22.0. The second-order valence-corrected chi connectivity index (χ2v) is 10.6. The molecular formula is C25H23BrN4O2S. The summed E-state index contributed by atoms with van der Waals surface area (Å²) in [5.41, 5.74) is 6.21. The third-order valence-corrected chi connectivity index (χ3v) is 7.33. The van der Waals surface area contributed by atoms with Gasteiger partial charge in [-0.15, -0.1) is 11.3 Å². The Morgan fingerprint density at radius 2 is 1.91 bits per heavy atom. The molecule has 0 amide bonds. The number of aromatic nitrogens is 2. The first-order chi connectivity index (χ1) is 15.8. The number of para-hydroxylation sites is 1. The fourth-order valence-corrected chi connectivity index (χ4v) is 5.33. The molecule has 0 saturated heterocycles. The van der Waals surface area contributed by atoms with Gasteiger partial charge in [0.15, 0.2) is 0 Å². The smallest absolute Gasteiger partial charge is 0.268 e. The summed E-state index contributed by atoms with van der Waals surface area (Å²) in [6, 6.07) is 17.5. The lowest BCUT2D eigenvalue weighted by atomic mass is 9.94. The van der Waals surface area contributed by atoms with Crippen LogP contribution in [0.5, 0.6) is 0 Å². The molecule has 3 heterocycles. The SMILES string of the molecule is C/C(=N\Nc1nc2sc3c(c2c(=O)n1-c1ccccc1)CC(C)(C)OC3)c1ccc(Br)cc1. The monoisotopic (exact) mass is 522 g/mol. The van der Waals surface area contributed by atoms with Gasteiger partial charge in [-0.2, -0.15) is 5.10 Å². The summed E-state index contributed by atoms with van der Waals surface area (Å²) < 4.78 is 8.59. The van der Waals surface area contributed by atoms with Crippen molar-refractivity contribution in [3.05, 3.63) is 85.4 Å². The van der Waals surface area contributed by atoms with Gasteiger partial charge >= 0.3 is 0 Å². The van der Waals surface area contributed by atoms with Crippen LogP contribution in [0.2, 0.25) is 0 Å². The van der Waals surface area contributed by atoms with Gasteiger partial charge in [-0.3, -0.25) is 4.79 Å². The number of fused-ring (bicyclic) bond motifs is 3. The molecule has 0 aliphatic carbocycles. The molecule has 0 radical (unpaired) electrons. The zero-order chi connectivity index (χ0) is 23.2. The lowest BCUT2D eigenvalue weighted by Crippen LogP contribution is -2.32. The average molecular weight is 523 g/mol. The fourth-order valence-electron chi connectivity index (χ4n) is 3.97. The van der Waals surface area contributed by atoms with Crippen molar-refractivity contribution in [2.24, 2.45) is 5.10 Å². The maximum absolute atomic E-state index is 13.8. The van der Waals surface area contributed by atoms with Crippen molar-refractivity contribution >= 4 is 49.1 Å². The molecule has 0 atom stereocenters. The number of benzene rings is 2. The molecule has 6 nitrogen and oxygen atoms in total. The van der Waals surface area contributed by atoms with Gasteiger partial charge in [0, 0.05) is 15.8 Å². The zero-order valence-electron chi connectivity index (χ0n) is 18.6. The van der Waals surface area contributed by atoms with E-state index in [1.165, 1.54) is 11.3 Å². The van der Waals surface area contributed by atoms with Crippen LogP contribution in [-0.4, -0.2) is 20.9 Å². The highest BCUT2D eigenvalue weighted by atomic mass is 79.9. The van der Waals surface area contributed by atoms with Crippen molar-refractivity contribution in [3.8, 4) is 5.69 Å². The van der Waals surface area contributed by atoms with Crippen molar-refractivity contribution in [1.29, 1.82) is 0 Å². The van der Waals surface area contributed by atoms with E-state index >= 15 is 0 Å². The van der Waals surface area contributed by atoms with Gasteiger partial charge < -0.3 is 4.74 Å². The predicted molar refractivity (Wildman–Crippen MR) is 138 cm³/mol. The topological polar surface area (TPSA) is 68.5 Å². The van der Waals surface area contributed by atoms with Gasteiger partial charge in [-0.05, 0) is 56.2 Å². The van der Waals surface area contributed by atoms with Gasteiger partial charge in [0.1, 0.15) is 4.83 Å².